The lowest BCUT2D eigenvalue weighted by Crippen LogP contribution is -2.35. The van der Waals surface area contributed by atoms with Crippen molar-refractivity contribution in [3.05, 3.63) is 47.6 Å². The summed E-state index contributed by atoms with van der Waals surface area (Å²) in [7, 11) is 0. The molecule has 0 amide bonds. The third-order valence-electron chi connectivity index (χ3n) is 8.99. The van der Waals surface area contributed by atoms with Gasteiger partial charge in [-0.3, -0.25) is 4.79 Å². The molecule has 3 aliphatic rings. The van der Waals surface area contributed by atoms with Gasteiger partial charge in [0.15, 0.2) is 0 Å². The Labute approximate surface area is 202 Å². The molecule has 33 heavy (non-hydrogen) atoms. The molecule has 0 unspecified atom stereocenters. The summed E-state index contributed by atoms with van der Waals surface area (Å²) in [5, 5.41) is 10.3. The minimum Gasteiger partial charge on any atom is -0.458 e. The Kier molecular flexibility index (Phi) is 8.48. The average molecular weight is 455 g/mol. The molecule has 3 heteroatoms. The van der Waals surface area contributed by atoms with Crippen molar-refractivity contribution >= 4 is 5.97 Å². The molecule has 0 spiro atoms. The molecule has 0 aromatic carbocycles. The van der Waals surface area contributed by atoms with Gasteiger partial charge in [0.05, 0.1) is 6.10 Å². The van der Waals surface area contributed by atoms with Gasteiger partial charge >= 0.3 is 5.97 Å². The van der Waals surface area contributed by atoms with E-state index in [1.165, 1.54) is 32.6 Å². The second kappa shape index (κ2) is 10.8. The van der Waals surface area contributed by atoms with Gasteiger partial charge in [0.25, 0.3) is 0 Å². The molecule has 0 aromatic rings. The smallest absolute Gasteiger partial charge is 0.303 e. The molecule has 3 rings (SSSR count). The first-order chi connectivity index (χ1) is 15.5. The Hall–Kier alpha value is -1.61. The van der Waals surface area contributed by atoms with Crippen LogP contribution < -0.4 is 0 Å². The number of carbonyl (C=O) groups is 1. The maximum atomic E-state index is 11.5. The number of allylic oxidation sites excluding steroid dienone is 5. The van der Waals surface area contributed by atoms with Gasteiger partial charge in [-0.25, -0.2) is 0 Å². The molecular weight excluding hydrogens is 408 g/mol. The van der Waals surface area contributed by atoms with E-state index >= 15 is 0 Å². The lowest BCUT2D eigenvalue weighted by molar-refractivity contribution is -0.146. The SMILES string of the molecule is C=C1/C(=C\C=C2/CCC[C@]3(C)[C@@H]([C@H](C)/C=C/[C@H](C)C(C)C)CC[C@@H]23)C[C@@H](O)C[C@@H]1OC(C)=O. The predicted molar refractivity (Wildman–Crippen MR) is 137 cm³/mol. The zero-order chi connectivity index (χ0) is 24.3. The minimum absolute atomic E-state index is 0.320. The molecule has 3 nitrogen and oxygen atoms in total. The maximum Gasteiger partial charge on any atom is 0.303 e. The van der Waals surface area contributed by atoms with E-state index in [9.17, 15) is 9.90 Å². The molecule has 0 aliphatic heterocycles. The van der Waals surface area contributed by atoms with Gasteiger partial charge in [-0.2, -0.15) is 0 Å². The average Bonchev–Trinajstić information content (AvgIpc) is 3.10. The van der Waals surface area contributed by atoms with E-state index in [0.29, 0.717) is 41.9 Å². The van der Waals surface area contributed by atoms with Crippen LogP contribution in [0.1, 0.15) is 86.5 Å². The molecule has 7 atom stereocenters. The quantitative estimate of drug-likeness (QED) is 0.341. The highest BCUT2D eigenvalue weighted by molar-refractivity contribution is 5.66. The highest BCUT2D eigenvalue weighted by Gasteiger charge is 2.50. The van der Waals surface area contributed by atoms with Crippen molar-refractivity contribution in [3.63, 3.8) is 0 Å². The molecule has 184 valence electrons. The molecule has 0 heterocycles. The molecule has 1 N–H and O–H groups in total. The first kappa shape index (κ1) is 26.0. The standard InChI is InChI=1S/C30H46O3/c1-19(2)20(3)10-11-21(4)27-14-15-28-24(9-8-16-30(27,28)7)12-13-25-17-26(32)18-29(22(25)5)33-23(6)31/h10-13,19-21,26-29,32H,5,8-9,14-18H2,1-4,6-7H3/b11-10+,24-12+,25-13-/t20-,21+,26+,27+,28-,29-,30+/m0/s1. The van der Waals surface area contributed by atoms with Crippen LogP contribution in [0.4, 0.5) is 0 Å². The monoisotopic (exact) mass is 454 g/mol. The Morgan fingerprint density at radius 2 is 1.91 bits per heavy atom. The van der Waals surface area contributed by atoms with Gasteiger partial charge in [0.2, 0.25) is 0 Å². The molecule has 3 saturated carbocycles. The number of hydrogen-bond donors (Lipinski definition) is 1. The summed E-state index contributed by atoms with van der Waals surface area (Å²) in [4.78, 5) is 11.5. The zero-order valence-electron chi connectivity index (χ0n) is 21.8. The van der Waals surface area contributed by atoms with Crippen molar-refractivity contribution in [1.29, 1.82) is 0 Å². The van der Waals surface area contributed by atoms with Crippen LogP contribution in [-0.4, -0.2) is 23.3 Å². The zero-order valence-corrected chi connectivity index (χ0v) is 21.8. The highest BCUT2D eigenvalue weighted by Crippen LogP contribution is 2.59. The lowest BCUT2D eigenvalue weighted by Gasteiger charge is -2.44. The Morgan fingerprint density at radius 3 is 2.58 bits per heavy atom. The maximum absolute atomic E-state index is 11.5. The first-order valence-electron chi connectivity index (χ1n) is 13.1. The number of aliphatic hydroxyl groups is 1. The summed E-state index contributed by atoms with van der Waals surface area (Å²) in [6.07, 6.45) is 15.8. The molecule has 0 radical (unpaired) electrons. The van der Waals surface area contributed by atoms with E-state index in [1.807, 2.05) is 0 Å². The van der Waals surface area contributed by atoms with Gasteiger partial charge < -0.3 is 9.84 Å². The van der Waals surface area contributed by atoms with E-state index < -0.39 is 12.2 Å². The number of fused-ring (bicyclic) bond motifs is 1. The van der Waals surface area contributed by atoms with E-state index in [2.05, 4.69) is 65.5 Å². The Balaban J connectivity index is 1.77. The number of ether oxygens (including phenoxy) is 1. The van der Waals surface area contributed by atoms with Crippen molar-refractivity contribution in [2.45, 2.75) is 98.7 Å². The third-order valence-corrected chi connectivity index (χ3v) is 8.99. The van der Waals surface area contributed by atoms with E-state index in [-0.39, 0.29) is 5.97 Å². The number of hydrogen-bond acceptors (Lipinski definition) is 3. The number of esters is 1. The fourth-order valence-corrected chi connectivity index (χ4v) is 6.62. The van der Waals surface area contributed by atoms with Crippen molar-refractivity contribution in [1.82, 2.24) is 0 Å². The van der Waals surface area contributed by atoms with Crippen LogP contribution in [0.3, 0.4) is 0 Å². The van der Waals surface area contributed by atoms with E-state index in [4.69, 9.17) is 4.74 Å². The summed E-state index contributed by atoms with van der Waals surface area (Å²) in [6.45, 7) is 17.5. The summed E-state index contributed by atoms with van der Waals surface area (Å²) in [5.74, 6) is 2.97. The van der Waals surface area contributed by atoms with Gasteiger partial charge in [-0.15, -0.1) is 0 Å². The highest BCUT2D eigenvalue weighted by atomic mass is 16.5. The fraction of sp³-hybridized carbons (Fsp3) is 0.700. The normalized spacial score (nSPS) is 37.0. The van der Waals surface area contributed by atoms with Gasteiger partial charge in [-0.05, 0) is 84.7 Å². The van der Waals surface area contributed by atoms with Crippen LogP contribution in [0.15, 0.2) is 47.6 Å². The minimum atomic E-state index is -0.488. The van der Waals surface area contributed by atoms with Gasteiger partial charge in [0.1, 0.15) is 6.10 Å². The van der Waals surface area contributed by atoms with Crippen molar-refractivity contribution < 1.29 is 14.6 Å². The summed E-state index contributed by atoms with van der Waals surface area (Å²) in [6, 6.07) is 0. The third kappa shape index (κ3) is 5.91. The number of rotatable bonds is 6. The number of carbonyl (C=O) groups excluding carboxylic acids is 1. The Morgan fingerprint density at radius 1 is 1.18 bits per heavy atom. The van der Waals surface area contributed by atoms with Crippen LogP contribution in [0.5, 0.6) is 0 Å². The van der Waals surface area contributed by atoms with Crippen molar-refractivity contribution in [2.24, 2.45) is 35.0 Å². The summed E-state index contributed by atoms with van der Waals surface area (Å²) >= 11 is 0. The topological polar surface area (TPSA) is 46.5 Å². The van der Waals surface area contributed by atoms with Crippen LogP contribution in [-0.2, 0) is 9.53 Å². The largest absolute Gasteiger partial charge is 0.458 e. The Bertz CT molecular complexity index is 816. The van der Waals surface area contributed by atoms with Gasteiger partial charge in [0, 0.05) is 13.3 Å². The van der Waals surface area contributed by atoms with E-state index in [0.717, 1.165) is 23.5 Å². The second-order valence-corrected chi connectivity index (χ2v) is 11.6. The lowest BCUT2D eigenvalue weighted by atomic mass is 9.61. The molecule has 0 bridgehead atoms. The fourth-order valence-electron chi connectivity index (χ4n) is 6.62. The molecule has 3 aliphatic carbocycles. The molecular formula is C30H46O3. The van der Waals surface area contributed by atoms with Crippen LogP contribution >= 0.6 is 0 Å². The predicted octanol–water partition coefficient (Wildman–Crippen LogP) is 7.18. The molecule has 0 saturated heterocycles. The number of aliphatic hydroxyl groups excluding tert-OH is 1. The second-order valence-electron chi connectivity index (χ2n) is 11.6. The van der Waals surface area contributed by atoms with Crippen LogP contribution in [0.2, 0.25) is 0 Å². The van der Waals surface area contributed by atoms with Gasteiger partial charge in [-0.1, -0.05) is 71.1 Å². The summed E-state index contributed by atoms with van der Waals surface area (Å²) < 4.78 is 5.41. The molecule has 3 fully saturated rings. The van der Waals surface area contributed by atoms with Crippen LogP contribution in [0.25, 0.3) is 0 Å². The van der Waals surface area contributed by atoms with Crippen molar-refractivity contribution in [2.75, 3.05) is 0 Å². The van der Waals surface area contributed by atoms with Crippen LogP contribution in [0, 0.1) is 35.0 Å². The van der Waals surface area contributed by atoms with E-state index in [1.54, 1.807) is 5.57 Å². The first-order valence-corrected chi connectivity index (χ1v) is 13.1. The summed E-state index contributed by atoms with van der Waals surface area (Å²) in [5.41, 5.74) is 3.78. The van der Waals surface area contributed by atoms with Crippen molar-refractivity contribution in [3.8, 4) is 0 Å². The molecule has 0 aromatic heterocycles.